The van der Waals surface area contributed by atoms with Crippen molar-refractivity contribution in [3.8, 4) is 11.4 Å². The van der Waals surface area contributed by atoms with Crippen molar-refractivity contribution in [3.05, 3.63) is 77.6 Å². The molecule has 0 spiro atoms. The van der Waals surface area contributed by atoms with Gasteiger partial charge in [0.25, 0.3) is 0 Å². The third-order valence-electron chi connectivity index (χ3n) is 4.08. The monoisotopic (exact) mass is 349 g/mol. The maximum atomic E-state index is 12.0. The second kappa shape index (κ2) is 8.34. The number of amides is 1. The van der Waals surface area contributed by atoms with Gasteiger partial charge in [0, 0.05) is 18.3 Å². The maximum absolute atomic E-state index is 12.0. The number of nitrogens with zero attached hydrogens (tertiary/aromatic N) is 2. The van der Waals surface area contributed by atoms with Gasteiger partial charge in [0.05, 0.1) is 24.9 Å². The molecule has 0 atom stereocenters. The van der Waals surface area contributed by atoms with Gasteiger partial charge in [-0.1, -0.05) is 30.3 Å². The molecule has 2 aromatic carbocycles. The Bertz CT molecular complexity index is 872. The van der Waals surface area contributed by atoms with Crippen LogP contribution in [0.4, 0.5) is 0 Å². The van der Waals surface area contributed by atoms with E-state index < -0.39 is 0 Å². The van der Waals surface area contributed by atoms with Crippen molar-refractivity contribution in [2.45, 2.75) is 26.8 Å². The fraction of sp³-hybridized carbons (Fsp3) is 0.238. The van der Waals surface area contributed by atoms with Crippen molar-refractivity contribution < 1.29 is 9.53 Å². The van der Waals surface area contributed by atoms with Crippen molar-refractivity contribution in [2.24, 2.45) is 0 Å². The second-order valence-electron chi connectivity index (χ2n) is 6.27. The van der Waals surface area contributed by atoms with E-state index in [4.69, 9.17) is 4.74 Å². The van der Waals surface area contributed by atoms with Gasteiger partial charge in [-0.15, -0.1) is 0 Å². The first-order chi connectivity index (χ1) is 12.6. The van der Waals surface area contributed by atoms with Gasteiger partial charge in [-0.2, -0.15) is 5.10 Å². The minimum Gasteiger partial charge on any atom is -0.493 e. The van der Waals surface area contributed by atoms with Crippen LogP contribution in [0.25, 0.3) is 5.69 Å². The first kappa shape index (κ1) is 17.7. The summed E-state index contributed by atoms with van der Waals surface area (Å²) in [7, 11) is 0. The SMILES string of the molecule is Cc1ccc(C)c(OCCC(=O)NCc2cnn(-c3ccccc3)c2)c1. The number of rotatable bonds is 7. The van der Waals surface area contributed by atoms with Gasteiger partial charge in [0.1, 0.15) is 5.75 Å². The largest absolute Gasteiger partial charge is 0.493 e. The van der Waals surface area contributed by atoms with Gasteiger partial charge in [0.15, 0.2) is 0 Å². The molecule has 0 saturated heterocycles. The lowest BCUT2D eigenvalue weighted by Gasteiger charge is -2.10. The van der Waals surface area contributed by atoms with E-state index in [9.17, 15) is 4.79 Å². The summed E-state index contributed by atoms with van der Waals surface area (Å²) in [5, 5.41) is 7.23. The molecular formula is C21H23N3O2. The molecule has 3 rings (SSSR count). The summed E-state index contributed by atoms with van der Waals surface area (Å²) >= 11 is 0. The Morgan fingerprint density at radius 3 is 2.77 bits per heavy atom. The van der Waals surface area contributed by atoms with Gasteiger partial charge >= 0.3 is 0 Å². The molecule has 5 heteroatoms. The van der Waals surface area contributed by atoms with Crippen molar-refractivity contribution >= 4 is 5.91 Å². The van der Waals surface area contributed by atoms with Crippen LogP contribution < -0.4 is 10.1 Å². The van der Waals surface area contributed by atoms with E-state index in [1.165, 1.54) is 0 Å². The zero-order chi connectivity index (χ0) is 18.4. The molecule has 0 aliphatic heterocycles. The van der Waals surface area contributed by atoms with Gasteiger partial charge in [-0.25, -0.2) is 4.68 Å². The van der Waals surface area contributed by atoms with Crippen LogP contribution in [-0.2, 0) is 11.3 Å². The standard InChI is InChI=1S/C21H23N3O2/c1-16-8-9-17(2)20(12-16)26-11-10-21(25)22-13-18-14-23-24(15-18)19-6-4-3-5-7-19/h3-9,12,14-15H,10-11,13H2,1-2H3,(H,22,25). The molecule has 1 amide bonds. The Kier molecular flexibility index (Phi) is 5.69. The van der Waals surface area contributed by atoms with E-state index in [1.54, 1.807) is 10.9 Å². The predicted molar refractivity (Wildman–Crippen MR) is 101 cm³/mol. The molecule has 0 unspecified atom stereocenters. The summed E-state index contributed by atoms with van der Waals surface area (Å²) in [6.07, 6.45) is 4.00. The van der Waals surface area contributed by atoms with E-state index in [1.807, 2.05) is 68.6 Å². The van der Waals surface area contributed by atoms with Crippen LogP contribution in [0.1, 0.15) is 23.1 Å². The van der Waals surface area contributed by atoms with Crippen LogP contribution in [0, 0.1) is 13.8 Å². The minimum atomic E-state index is -0.0391. The molecule has 1 aromatic heterocycles. The lowest BCUT2D eigenvalue weighted by atomic mass is 10.1. The first-order valence-electron chi connectivity index (χ1n) is 8.67. The van der Waals surface area contributed by atoms with Crippen molar-refractivity contribution in [1.29, 1.82) is 0 Å². The molecule has 0 aliphatic rings. The van der Waals surface area contributed by atoms with Crippen molar-refractivity contribution in [2.75, 3.05) is 6.61 Å². The maximum Gasteiger partial charge on any atom is 0.223 e. The van der Waals surface area contributed by atoms with E-state index in [0.717, 1.165) is 28.1 Å². The van der Waals surface area contributed by atoms with Crippen LogP contribution in [0.2, 0.25) is 0 Å². The fourth-order valence-electron chi connectivity index (χ4n) is 2.58. The summed E-state index contributed by atoms with van der Waals surface area (Å²) in [4.78, 5) is 12.0. The highest BCUT2D eigenvalue weighted by Gasteiger charge is 2.06. The molecule has 1 heterocycles. The number of ether oxygens (including phenoxy) is 1. The number of benzene rings is 2. The molecule has 1 N–H and O–H groups in total. The number of aryl methyl sites for hydroxylation is 2. The van der Waals surface area contributed by atoms with Gasteiger partial charge < -0.3 is 10.1 Å². The molecule has 5 nitrogen and oxygen atoms in total. The highest BCUT2D eigenvalue weighted by molar-refractivity contribution is 5.76. The minimum absolute atomic E-state index is 0.0391. The number of para-hydroxylation sites is 1. The summed E-state index contributed by atoms with van der Waals surface area (Å²) in [5.41, 5.74) is 4.17. The van der Waals surface area contributed by atoms with E-state index in [0.29, 0.717) is 19.6 Å². The van der Waals surface area contributed by atoms with Crippen LogP contribution in [-0.4, -0.2) is 22.3 Å². The molecule has 3 aromatic rings. The Morgan fingerprint density at radius 1 is 1.15 bits per heavy atom. The molecule has 0 saturated carbocycles. The summed E-state index contributed by atoms with van der Waals surface area (Å²) in [6, 6.07) is 15.9. The number of carbonyl (C=O) groups is 1. The number of nitrogens with one attached hydrogen (secondary N) is 1. The van der Waals surface area contributed by atoms with E-state index in [-0.39, 0.29) is 5.91 Å². The smallest absolute Gasteiger partial charge is 0.223 e. The Morgan fingerprint density at radius 2 is 1.96 bits per heavy atom. The van der Waals surface area contributed by atoms with Crippen molar-refractivity contribution in [3.63, 3.8) is 0 Å². The van der Waals surface area contributed by atoms with Crippen molar-refractivity contribution in [1.82, 2.24) is 15.1 Å². The summed E-state index contributed by atoms with van der Waals surface area (Å²) in [6.45, 7) is 4.84. The second-order valence-corrected chi connectivity index (χ2v) is 6.27. The quantitative estimate of drug-likeness (QED) is 0.709. The lowest BCUT2D eigenvalue weighted by molar-refractivity contribution is -0.121. The van der Waals surface area contributed by atoms with E-state index in [2.05, 4.69) is 10.4 Å². The average molecular weight is 349 g/mol. The van der Waals surface area contributed by atoms with Gasteiger partial charge in [0.2, 0.25) is 5.91 Å². The highest BCUT2D eigenvalue weighted by Crippen LogP contribution is 2.19. The average Bonchev–Trinajstić information content (AvgIpc) is 3.13. The zero-order valence-electron chi connectivity index (χ0n) is 15.1. The Hall–Kier alpha value is -3.08. The first-order valence-corrected chi connectivity index (χ1v) is 8.67. The normalized spacial score (nSPS) is 10.5. The fourth-order valence-corrected chi connectivity index (χ4v) is 2.58. The number of carbonyl (C=O) groups excluding carboxylic acids is 1. The molecule has 0 aliphatic carbocycles. The number of aromatic nitrogens is 2. The molecule has 0 fully saturated rings. The lowest BCUT2D eigenvalue weighted by Crippen LogP contribution is -2.24. The van der Waals surface area contributed by atoms with Crippen LogP contribution >= 0.6 is 0 Å². The Balaban J connectivity index is 1.44. The highest BCUT2D eigenvalue weighted by atomic mass is 16.5. The zero-order valence-corrected chi connectivity index (χ0v) is 15.1. The number of hydrogen-bond acceptors (Lipinski definition) is 3. The van der Waals surface area contributed by atoms with Gasteiger partial charge in [-0.05, 0) is 43.2 Å². The summed E-state index contributed by atoms with van der Waals surface area (Å²) in [5.74, 6) is 0.796. The van der Waals surface area contributed by atoms with Crippen LogP contribution in [0.5, 0.6) is 5.75 Å². The molecule has 26 heavy (non-hydrogen) atoms. The molecule has 134 valence electrons. The predicted octanol–water partition coefficient (Wildman–Crippen LogP) is 3.57. The third-order valence-corrected chi connectivity index (χ3v) is 4.08. The molecule has 0 bridgehead atoms. The van der Waals surface area contributed by atoms with Crippen LogP contribution in [0.3, 0.4) is 0 Å². The van der Waals surface area contributed by atoms with Crippen LogP contribution in [0.15, 0.2) is 60.9 Å². The number of hydrogen-bond donors (Lipinski definition) is 1. The molecular weight excluding hydrogens is 326 g/mol. The van der Waals surface area contributed by atoms with E-state index >= 15 is 0 Å². The van der Waals surface area contributed by atoms with Gasteiger partial charge in [-0.3, -0.25) is 4.79 Å². The third kappa shape index (κ3) is 4.72. The molecule has 0 radical (unpaired) electrons. The summed E-state index contributed by atoms with van der Waals surface area (Å²) < 4.78 is 7.52. The topological polar surface area (TPSA) is 56.1 Å². The Labute approximate surface area is 153 Å².